The molecule has 0 aliphatic heterocycles. The summed E-state index contributed by atoms with van der Waals surface area (Å²) in [5.41, 5.74) is 0. The maximum atomic E-state index is 8.14. The van der Waals surface area contributed by atoms with Crippen LogP contribution in [0.4, 0.5) is 0 Å². The first-order valence-electron chi connectivity index (χ1n) is 5.64. The number of aliphatic hydroxyl groups is 3. The fourth-order valence-electron chi connectivity index (χ4n) is 0. The molecule has 0 radical (unpaired) electrons. The Labute approximate surface area is 128 Å². The molecule has 3 N–H and O–H groups in total. The quantitative estimate of drug-likeness (QED) is 0.701. The van der Waals surface area contributed by atoms with Crippen LogP contribution in [0.2, 0.25) is 0 Å². The van der Waals surface area contributed by atoms with Gasteiger partial charge in [-0.25, -0.2) is 0 Å². The van der Waals surface area contributed by atoms with E-state index in [1.165, 1.54) is 0 Å². The first-order valence-corrected chi connectivity index (χ1v) is 5.64. The molecule has 0 aromatic rings. The smallest absolute Gasteiger partial charge is 0.0453 e. The monoisotopic (exact) mass is 306 g/mol. The summed E-state index contributed by atoms with van der Waals surface area (Å²) in [5, 5.41) is 24.4. The molecule has 0 amide bonds. The molecule has 0 saturated carbocycles. The van der Waals surface area contributed by atoms with E-state index in [1.54, 1.807) is 0 Å². The van der Waals surface area contributed by atoms with Crippen LogP contribution in [-0.2, 0) is 21.7 Å². The molecular weight excluding hydrogens is 275 g/mol. The molecule has 5 heteroatoms. The summed E-state index contributed by atoms with van der Waals surface area (Å²) in [4.78, 5) is 0. The second kappa shape index (κ2) is 25.7. The van der Waals surface area contributed by atoms with Crippen molar-refractivity contribution in [3.63, 3.8) is 0 Å². The maximum Gasteiger partial charge on any atom is 0.0453 e. The Morgan fingerprint density at radius 3 is 0.647 bits per heavy atom. The third-order valence-electron chi connectivity index (χ3n) is 1.10. The Bertz CT molecular complexity index is 82.7. The molecule has 0 unspecified atom stereocenters. The van der Waals surface area contributed by atoms with Crippen molar-refractivity contribution in [3.05, 3.63) is 0 Å². The summed E-state index contributed by atoms with van der Waals surface area (Å²) in [6.07, 6.45) is 0. The zero-order valence-electron chi connectivity index (χ0n) is 12.1. The van der Waals surface area contributed by atoms with Gasteiger partial charge in [-0.15, -0.1) is 12.4 Å². The van der Waals surface area contributed by atoms with Gasteiger partial charge < -0.3 is 15.3 Å². The van der Waals surface area contributed by atoms with Gasteiger partial charge in [0.05, 0.1) is 0 Å². The van der Waals surface area contributed by atoms with E-state index in [1.807, 2.05) is 41.5 Å². The molecule has 108 valence electrons. The van der Waals surface area contributed by atoms with E-state index in [9.17, 15) is 0 Å². The zero-order chi connectivity index (χ0) is 12.9. The van der Waals surface area contributed by atoms with E-state index < -0.39 is 0 Å². The minimum absolute atomic E-state index is 0. The van der Waals surface area contributed by atoms with E-state index in [0.29, 0.717) is 37.6 Å². The number of halogens is 1. The van der Waals surface area contributed by atoms with Gasteiger partial charge in [-0.3, -0.25) is 0 Å². The average molecular weight is 307 g/mol. The molecule has 0 rings (SSSR count). The van der Waals surface area contributed by atoms with Gasteiger partial charge in [-0.05, 0) is 17.8 Å². The molecule has 0 aliphatic carbocycles. The average Bonchev–Trinajstić information content (AvgIpc) is 2.19. The van der Waals surface area contributed by atoms with Crippen molar-refractivity contribution in [3.8, 4) is 0 Å². The normalized spacial score (nSPS) is 8.47. The Morgan fingerprint density at radius 1 is 0.588 bits per heavy atom. The molecule has 0 fully saturated rings. The Balaban J connectivity index is -0.0000000400. The van der Waals surface area contributed by atoms with Gasteiger partial charge in [0.15, 0.2) is 0 Å². The largest absolute Gasteiger partial charge is 0.396 e. The van der Waals surface area contributed by atoms with E-state index in [4.69, 9.17) is 15.3 Å². The van der Waals surface area contributed by atoms with Gasteiger partial charge in [-0.1, -0.05) is 41.5 Å². The molecule has 3 nitrogen and oxygen atoms in total. The van der Waals surface area contributed by atoms with Crippen molar-refractivity contribution in [1.82, 2.24) is 0 Å². The van der Waals surface area contributed by atoms with Gasteiger partial charge in [0.2, 0.25) is 0 Å². The predicted octanol–water partition coefficient (Wildman–Crippen LogP) is 2.32. The van der Waals surface area contributed by atoms with Crippen LogP contribution in [0.3, 0.4) is 0 Å². The van der Waals surface area contributed by atoms with Crippen molar-refractivity contribution >= 4 is 12.4 Å². The number of hydrogen-bond donors (Lipinski definition) is 3. The summed E-state index contributed by atoms with van der Waals surface area (Å²) >= 11 is 0. The Morgan fingerprint density at radius 2 is 0.647 bits per heavy atom. The first-order chi connectivity index (χ1) is 6.81. The third-order valence-corrected chi connectivity index (χ3v) is 1.10. The Hall–Kier alpha value is 0.884. The summed E-state index contributed by atoms with van der Waals surface area (Å²) in [6.45, 7) is 12.7. The van der Waals surface area contributed by atoms with Crippen molar-refractivity contribution in [2.24, 2.45) is 17.8 Å². The fraction of sp³-hybridized carbons (Fsp3) is 1.00. The molecule has 0 saturated heterocycles. The number of hydrogen-bond acceptors (Lipinski definition) is 3. The molecule has 0 aromatic carbocycles. The van der Waals surface area contributed by atoms with Crippen LogP contribution in [0.25, 0.3) is 0 Å². The van der Waals surface area contributed by atoms with Crippen LogP contribution in [0.5, 0.6) is 0 Å². The topological polar surface area (TPSA) is 60.7 Å². The molecule has 0 bridgehead atoms. The number of rotatable bonds is 3. The van der Waals surface area contributed by atoms with Gasteiger partial charge in [0.1, 0.15) is 0 Å². The standard InChI is InChI=1S/3C4H10O.ClH.Ti/c3*1-4(2)3-5;;/h3*4-5H,3H2,1-2H3;1H;. The Kier molecular flexibility index (Phi) is 46.4. The maximum absolute atomic E-state index is 8.14. The molecule has 17 heavy (non-hydrogen) atoms. The van der Waals surface area contributed by atoms with E-state index in [-0.39, 0.29) is 34.1 Å². The minimum atomic E-state index is 0. The predicted molar refractivity (Wildman–Crippen MR) is 73.0 cm³/mol. The number of aliphatic hydroxyl groups excluding tert-OH is 3. The van der Waals surface area contributed by atoms with E-state index in [2.05, 4.69) is 0 Å². The van der Waals surface area contributed by atoms with Crippen molar-refractivity contribution < 1.29 is 37.0 Å². The van der Waals surface area contributed by atoms with E-state index in [0.717, 1.165) is 0 Å². The molecule has 0 spiro atoms. The fourth-order valence-corrected chi connectivity index (χ4v) is 0. The van der Waals surface area contributed by atoms with Crippen LogP contribution in [-0.4, -0.2) is 35.1 Å². The van der Waals surface area contributed by atoms with Crippen molar-refractivity contribution in [1.29, 1.82) is 0 Å². The second-order valence-electron chi connectivity index (χ2n) is 4.73. The van der Waals surface area contributed by atoms with E-state index >= 15 is 0 Å². The van der Waals surface area contributed by atoms with Crippen LogP contribution in [0.1, 0.15) is 41.5 Å². The second-order valence-corrected chi connectivity index (χ2v) is 4.73. The SMILES string of the molecule is CC(C)CO.CC(C)CO.CC(C)CO.Cl.[Ti]. The van der Waals surface area contributed by atoms with Crippen LogP contribution in [0.15, 0.2) is 0 Å². The van der Waals surface area contributed by atoms with Gasteiger partial charge >= 0.3 is 0 Å². The summed E-state index contributed by atoms with van der Waals surface area (Å²) < 4.78 is 0. The summed E-state index contributed by atoms with van der Waals surface area (Å²) in [7, 11) is 0. The van der Waals surface area contributed by atoms with Crippen molar-refractivity contribution in [2.45, 2.75) is 41.5 Å². The van der Waals surface area contributed by atoms with Crippen LogP contribution >= 0.6 is 12.4 Å². The molecule has 0 heterocycles. The molecule has 0 atom stereocenters. The van der Waals surface area contributed by atoms with Crippen molar-refractivity contribution in [2.75, 3.05) is 19.8 Å². The van der Waals surface area contributed by atoms with Gasteiger partial charge in [0.25, 0.3) is 0 Å². The van der Waals surface area contributed by atoms with Gasteiger partial charge in [-0.2, -0.15) is 0 Å². The summed E-state index contributed by atoms with van der Waals surface area (Å²) in [5.74, 6) is 1.32. The van der Waals surface area contributed by atoms with Crippen LogP contribution in [0, 0.1) is 17.8 Å². The van der Waals surface area contributed by atoms with Gasteiger partial charge in [0, 0.05) is 41.5 Å². The molecule has 0 aromatic heterocycles. The zero-order valence-corrected chi connectivity index (χ0v) is 14.5. The molecule has 0 aliphatic rings. The third kappa shape index (κ3) is 78.9. The minimum Gasteiger partial charge on any atom is -0.396 e. The van der Waals surface area contributed by atoms with Crippen LogP contribution < -0.4 is 0 Å². The first kappa shape index (κ1) is 30.7. The molecular formula is C12H31ClO3Ti. The summed E-state index contributed by atoms with van der Waals surface area (Å²) in [6, 6.07) is 0.